The van der Waals surface area contributed by atoms with Crippen molar-refractivity contribution in [2.45, 2.75) is 19.3 Å². The molecule has 0 fully saturated rings. The molecule has 0 bridgehead atoms. The number of hydrogen-bond donors (Lipinski definition) is 3. The molecule has 0 radical (unpaired) electrons. The molecule has 1 aromatic heterocycles. The molecule has 8 heteroatoms. The second kappa shape index (κ2) is 8.06. The van der Waals surface area contributed by atoms with Crippen LogP contribution < -0.4 is 4.74 Å². The van der Waals surface area contributed by atoms with Crippen molar-refractivity contribution >= 4 is 7.60 Å². The summed E-state index contributed by atoms with van der Waals surface area (Å²) in [6.45, 7) is 0.286. The highest BCUT2D eigenvalue weighted by Gasteiger charge is 2.20. The summed E-state index contributed by atoms with van der Waals surface area (Å²) >= 11 is 0. The minimum Gasteiger partial charge on any atom is -0.497 e. The summed E-state index contributed by atoms with van der Waals surface area (Å²) in [5.41, 5.74) is 3.50. The number of nitrogens with zero attached hydrogens (tertiary/aromatic N) is 2. The van der Waals surface area contributed by atoms with Crippen LogP contribution in [-0.2, 0) is 23.9 Å². The Labute approximate surface area is 157 Å². The predicted octanol–water partition coefficient (Wildman–Crippen LogP) is 2.78. The van der Waals surface area contributed by atoms with Gasteiger partial charge in [0.05, 0.1) is 37.8 Å². The third-order valence-corrected chi connectivity index (χ3v) is 4.86. The van der Waals surface area contributed by atoms with E-state index in [1.165, 1.54) is 0 Å². The first-order chi connectivity index (χ1) is 12.9. The molecule has 1 heterocycles. The van der Waals surface area contributed by atoms with E-state index in [0.29, 0.717) is 17.9 Å². The van der Waals surface area contributed by atoms with E-state index in [0.717, 1.165) is 22.4 Å². The molecule has 0 unspecified atom stereocenters. The molecule has 0 saturated heterocycles. The van der Waals surface area contributed by atoms with Gasteiger partial charge in [-0.2, -0.15) is 5.10 Å². The average Bonchev–Trinajstić information content (AvgIpc) is 3.03. The minimum absolute atomic E-state index is 0.0876. The van der Waals surface area contributed by atoms with Crippen molar-refractivity contribution in [2.75, 3.05) is 7.11 Å². The quantitative estimate of drug-likeness (QED) is 0.538. The molecular formula is C19H21N2O5P. The van der Waals surface area contributed by atoms with Crippen molar-refractivity contribution < 1.29 is 24.2 Å². The normalized spacial score (nSPS) is 11.6. The van der Waals surface area contributed by atoms with Gasteiger partial charge in [0.2, 0.25) is 0 Å². The number of ether oxygens (including phenoxy) is 1. The Balaban J connectivity index is 1.96. The molecule has 0 aliphatic rings. The lowest BCUT2D eigenvalue weighted by Gasteiger charge is -2.09. The molecule has 0 spiro atoms. The van der Waals surface area contributed by atoms with Crippen LogP contribution in [0.1, 0.15) is 16.8 Å². The zero-order chi connectivity index (χ0) is 19.4. The Hall–Kier alpha value is -2.44. The van der Waals surface area contributed by atoms with Crippen LogP contribution in [0.5, 0.6) is 5.75 Å². The van der Waals surface area contributed by atoms with Gasteiger partial charge in [0.25, 0.3) is 0 Å². The zero-order valence-electron chi connectivity index (χ0n) is 14.8. The third kappa shape index (κ3) is 5.05. The van der Waals surface area contributed by atoms with Crippen LogP contribution in [0.25, 0.3) is 11.3 Å². The molecule has 0 aliphatic heterocycles. The van der Waals surface area contributed by atoms with E-state index >= 15 is 0 Å². The van der Waals surface area contributed by atoms with Crippen molar-refractivity contribution in [1.29, 1.82) is 0 Å². The minimum atomic E-state index is -4.25. The summed E-state index contributed by atoms with van der Waals surface area (Å²) in [5.74, 6) is 0.733. The van der Waals surface area contributed by atoms with Crippen molar-refractivity contribution in [2.24, 2.45) is 0 Å². The molecule has 2 aromatic carbocycles. The monoisotopic (exact) mass is 388 g/mol. The number of aliphatic hydroxyl groups excluding tert-OH is 1. The number of methoxy groups -OCH3 is 1. The summed E-state index contributed by atoms with van der Waals surface area (Å²) in [5, 5.41) is 13.9. The number of rotatable bonds is 7. The van der Waals surface area contributed by atoms with Gasteiger partial charge >= 0.3 is 7.60 Å². The van der Waals surface area contributed by atoms with E-state index in [9.17, 15) is 19.5 Å². The first-order valence-corrected chi connectivity index (χ1v) is 10.1. The topological polar surface area (TPSA) is 105 Å². The number of hydrogen-bond acceptors (Lipinski definition) is 4. The van der Waals surface area contributed by atoms with Crippen LogP contribution in [0.4, 0.5) is 0 Å². The highest BCUT2D eigenvalue weighted by Crippen LogP contribution is 2.40. The zero-order valence-corrected chi connectivity index (χ0v) is 15.7. The fourth-order valence-electron chi connectivity index (χ4n) is 2.80. The van der Waals surface area contributed by atoms with Gasteiger partial charge in [-0.15, -0.1) is 0 Å². The molecule has 0 amide bonds. The lowest BCUT2D eigenvalue weighted by Crippen LogP contribution is -2.06. The van der Waals surface area contributed by atoms with Gasteiger partial charge in [-0.1, -0.05) is 30.3 Å². The summed E-state index contributed by atoms with van der Waals surface area (Å²) in [4.78, 5) is 18.8. The molecule has 0 atom stereocenters. The van der Waals surface area contributed by atoms with Crippen molar-refractivity contribution in [1.82, 2.24) is 9.78 Å². The van der Waals surface area contributed by atoms with Crippen molar-refractivity contribution in [3.05, 3.63) is 71.4 Å². The largest absolute Gasteiger partial charge is 0.497 e. The Morgan fingerprint density at radius 3 is 2.44 bits per heavy atom. The van der Waals surface area contributed by atoms with Crippen LogP contribution in [0.3, 0.4) is 0 Å². The average molecular weight is 388 g/mol. The standard InChI is InChI=1S/C19H21N2O5P/c1-26-18-7-5-14(6-8-18)11-21-17(13-27(23,24)25)10-19(20-21)16-4-2-3-15(9-16)12-22/h2-10,22H,11-13H2,1H3,(H2,23,24,25). The predicted molar refractivity (Wildman–Crippen MR) is 101 cm³/mol. The molecule has 0 aliphatic carbocycles. The molecule has 7 nitrogen and oxygen atoms in total. The van der Waals surface area contributed by atoms with Gasteiger partial charge in [-0.25, -0.2) is 0 Å². The Bertz CT molecular complexity index is 962. The second-order valence-corrected chi connectivity index (χ2v) is 7.85. The lowest BCUT2D eigenvalue weighted by molar-refractivity contribution is 0.282. The van der Waals surface area contributed by atoms with E-state index < -0.39 is 13.8 Å². The molecule has 3 rings (SSSR count). The first kappa shape index (κ1) is 19.3. The third-order valence-electron chi connectivity index (χ3n) is 4.13. The summed E-state index contributed by atoms with van der Waals surface area (Å²) in [6.07, 6.45) is -0.393. The Morgan fingerprint density at radius 2 is 1.81 bits per heavy atom. The maximum absolute atomic E-state index is 11.5. The van der Waals surface area contributed by atoms with Gasteiger partial charge in [0.15, 0.2) is 0 Å². The maximum Gasteiger partial charge on any atom is 0.331 e. The van der Waals surface area contributed by atoms with E-state index in [2.05, 4.69) is 5.10 Å². The number of aromatic nitrogens is 2. The number of benzene rings is 2. The van der Waals surface area contributed by atoms with E-state index in [4.69, 9.17) is 4.74 Å². The van der Waals surface area contributed by atoms with Crippen LogP contribution in [0.15, 0.2) is 54.6 Å². The fourth-order valence-corrected chi connectivity index (χ4v) is 3.48. The highest BCUT2D eigenvalue weighted by atomic mass is 31.2. The maximum atomic E-state index is 11.5. The van der Waals surface area contributed by atoms with E-state index in [-0.39, 0.29) is 6.61 Å². The molecule has 3 aromatic rings. The molecule has 27 heavy (non-hydrogen) atoms. The Morgan fingerprint density at radius 1 is 1.07 bits per heavy atom. The second-order valence-electron chi connectivity index (χ2n) is 6.21. The lowest BCUT2D eigenvalue weighted by atomic mass is 10.1. The smallest absolute Gasteiger partial charge is 0.331 e. The van der Waals surface area contributed by atoms with Crippen LogP contribution >= 0.6 is 7.60 Å². The summed E-state index contributed by atoms with van der Waals surface area (Å²) in [7, 11) is -2.66. The van der Waals surface area contributed by atoms with Crippen LogP contribution in [0.2, 0.25) is 0 Å². The van der Waals surface area contributed by atoms with Crippen molar-refractivity contribution in [3.8, 4) is 17.0 Å². The van der Waals surface area contributed by atoms with E-state index in [1.807, 2.05) is 36.4 Å². The molecule has 142 valence electrons. The van der Waals surface area contributed by atoms with Gasteiger partial charge < -0.3 is 19.6 Å². The first-order valence-electron chi connectivity index (χ1n) is 8.32. The van der Waals surface area contributed by atoms with Crippen LogP contribution in [-0.4, -0.2) is 31.8 Å². The SMILES string of the molecule is COc1ccc(Cn2nc(-c3cccc(CO)c3)cc2CP(=O)(O)O)cc1. The highest BCUT2D eigenvalue weighted by molar-refractivity contribution is 7.50. The number of aliphatic hydroxyl groups is 1. The Kier molecular flexibility index (Phi) is 5.77. The molecular weight excluding hydrogens is 367 g/mol. The van der Waals surface area contributed by atoms with Crippen molar-refractivity contribution in [3.63, 3.8) is 0 Å². The molecule has 3 N–H and O–H groups in total. The molecule has 0 saturated carbocycles. The van der Waals surface area contributed by atoms with Gasteiger partial charge in [0.1, 0.15) is 5.75 Å². The summed E-state index contributed by atoms with van der Waals surface area (Å²) in [6, 6.07) is 16.4. The van der Waals surface area contributed by atoms with Gasteiger partial charge in [0, 0.05) is 5.56 Å². The fraction of sp³-hybridized carbons (Fsp3) is 0.211. The van der Waals surface area contributed by atoms with Gasteiger partial charge in [-0.3, -0.25) is 9.25 Å². The van der Waals surface area contributed by atoms with Gasteiger partial charge in [-0.05, 0) is 35.4 Å². The summed E-state index contributed by atoms with van der Waals surface area (Å²) < 4.78 is 18.3. The van der Waals surface area contributed by atoms with E-state index in [1.54, 1.807) is 30.0 Å². The van der Waals surface area contributed by atoms with Crippen LogP contribution in [0, 0.1) is 0 Å².